The third kappa shape index (κ3) is 3.19. The Hall–Kier alpha value is -2.45. The zero-order chi connectivity index (χ0) is 19.0. The number of halogens is 2. The van der Waals surface area contributed by atoms with Gasteiger partial charge in [-0.1, -0.05) is 52.0 Å². The number of hydrogen-bond acceptors (Lipinski definition) is 4. The molecule has 136 valence electrons. The molecule has 0 radical (unpaired) electrons. The second-order valence-electron chi connectivity index (χ2n) is 5.86. The highest BCUT2D eigenvalue weighted by atomic mass is 79.9. The highest BCUT2D eigenvalue weighted by Crippen LogP contribution is 2.26. The molecule has 2 heterocycles. The predicted octanol–water partition coefficient (Wildman–Crippen LogP) is 4.42. The van der Waals surface area contributed by atoms with E-state index in [0.29, 0.717) is 38.7 Å². The Bertz CT molecular complexity index is 1230. The molecule has 27 heavy (non-hydrogen) atoms. The molecule has 0 spiro atoms. The van der Waals surface area contributed by atoms with Gasteiger partial charge in [-0.05, 0) is 29.8 Å². The molecule has 0 saturated heterocycles. The Balaban J connectivity index is 1.84. The van der Waals surface area contributed by atoms with Crippen molar-refractivity contribution in [2.45, 2.75) is 17.5 Å². The molecular weight excluding hydrogens is 431 g/mol. The Morgan fingerprint density at radius 2 is 2.04 bits per heavy atom. The minimum atomic E-state index is -0.279. The molecule has 0 aliphatic rings. The summed E-state index contributed by atoms with van der Waals surface area (Å²) in [6.45, 7) is 4.05. The van der Waals surface area contributed by atoms with Crippen LogP contribution in [0.3, 0.4) is 0 Å². The molecular formula is C19H14BrFN4OS. The van der Waals surface area contributed by atoms with Gasteiger partial charge in [-0.3, -0.25) is 13.8 Å². The van der Waals surface area contributed by atoms with E-state index in [4.69, 9.17) is 0 Å². The van der Waals surface area contributed by atoms with Crippen LogP contribution in [-0.2, 0) is 12.3 Å². The lowest BCUT2D eigenvalue weighted by atomic mass is 10.2. The SMILES string of the molecule is C=CCn1c(=O)c2ccccc2n2c(SCc3ccc(Br)cc3F)nnc12. The lowest BCUT2D eigenvalue weighted by Gasteiger charge is -2.09. The van der Waals surface area contributed by atoms with Crippen molar-refractivity contribution in [3.8, 4) is 0 Å². The van der Waals surface area contributed by atoms with Crippen molar-refractivity contribution >= 4 is 44.4 Å². The van der Waals surface area contributed by atoms with Crippen LogP contribution in [0, 0.1) is 5.82 Å². The molecule has 5 nitrogen and oxygen atoms in total. The Labute approximate surface area is 166 Å². The fraction of sp³-hybridized carbons (Fsp3) is 0.105. The van der Waals surface area contributed by atoms with E-state index >= 15 is 0 Å². The Morgan fingerprint density at radius 1 is 1.22 bits per heavy atom. The number of fused-ring (bicyclic) bond motifs is 3. The first kappa shape index (κ1) is 17.9. The average molecular weight is 445 g/mol. The number of thioether (sulfide) groups is 1. The van der Waals surface area contributed by atoms with Crippen LogP contribution in [-0.4, -0.2) is 19.2 Å². The molecule has 8 heteroatoms. The molecule has 4 rings (SSSR count). The monoisotopic (exact) mass is 444 g/mol. The molecule has 0 N–H and O–H groups in total. The smallest absolute Gasteiger partial charge is 0.263 e. The normalized spacial score (nSPS) is 11.3. The fourth-order valence-electron chi connectivity index (χ4n) is 2.90. The summed E-state index contributed by atoms with van der Waals surface area (Å²) in [6.07, 6.45) is 1.65. The first-order valence-electron chi connectivity index (χ1n) is 8.14. The van der Waals surface area contributed by atoms with E-state index in [1.54, 1.807) is 24.3 Å². The van der Waals surface area contributed by atoms with Gasteiger partial charge in [0.05, 0.1) is 10.9 Å². The third-order valence-electron chi connectivity index (χ3n) is 4.16. The quantitative estimate of drug-likeness (QED) is 0.337. The maximum atomic E-state index is 14.1. The van der Waals surface area contributed by atoms with E-state index in [9.17, 15) is 9.18 Å². The summed E-state index contributed by atoms with van der Waals surface area (Å²) in [5.74, 6) is 0.561. The molecule has 2 aromatic heterocycles. The maximum absolute atomic E-state index is 14.1. The van der Waals surface area contributed by atoms with Gasteiger partial charge in [0.15, 0.2) is 5.16 Å². The molecule has 0 fully saturated rings. The van der Waals surface area contributed by atoms with Gasteiger partial charge in [0.1, 0.15) is 5.82 Å². The second kappa shape index (κ2) is 7.28. The standard InChI is InChI=1S/C19H14BrFN4OS/c1-2-9-24-17(26)14-5-3-4-6-16(14)25-18(24)22-23-19(25)27-11-12-7-8-13(20)10-15(12)21/h2-8,10H,1,9,11H2. The van der Waals surface area contributed by atoms with Crippen LogP contribution in [0.25, 0.3) is 16.7 Å². The largest absolute Gasteiger partial charge is 0.272 e. The highest BCUT2D eigenvalue weighted by Gasteiger charge is 2.16. The summed E-state index contributed by atoms with van der Waals surface area (Å²) in [4.78, 5) is 12.8. The van der Waals surface area contributed by atoms with Gasteiger partial charge in [-0.2, -0.15) is 0 Å². The van der Waals surface area contributed by atoms with E-state index in [1.807, 2.05) is 22.6 Å². The molecule has 0 atom stereocenters. The van der Waals surface area contributed by atoms with Crippen molar-refractivity contribution in [2.75, 3.05) is 0 Å². The predicted molar refractivity (Wildman–Crippen MR) is 109 cm³/mol. The van der Waals surface area contributed by atoms with Gasteiger partial charge < -0.3 is 0 Å². The van der Waals surface area contributed by atoms with E-state index in [-0.39, 0.29) is 11.4 Å². The summed E-state index contributed by atoms with van der Waals surface area (Å²) in [7, 11) is 0. The lowest BCUT2D eigenvalue weighted by Crippen LogP contribution is -2.22. The van der Waals surface area contributed by atoms with E-state index in [1.165, 1.54) is 22.4 Å². The molecule has 0 aliphatic carbocycles. The Morgan fingerprint density at radius 3 is 2.81 bits per heavy atom. The van der Waals surface area contributed by atoms with Crippen molar-refractivity contribution < 1.29 is 4.39 Å². The minimum Gasteiger partial charge on any atom is -0.272 e. The van der Waals surface area contributed by atoms with Crippen molar-refractivity contribution in [3.05, 3.63) is 81.3 Å². The molecule has 0 amide bonds. The molecule has 0 unspecified atom stereocenters. The fourth-order valence-corrected chi connectivity index (χ4v) is 4.16. The lowest BCUT2D eigenvalue weighted by molar-refractivity contribution is 0.616. The summed E-state index contributed by atoms with van der Waals surface area (Å²) < 4.78 is 18.2. The van der Waals surface area contributed by atoms with Gasteiger partial charge in [0.25, 0.3) is 5.56 Å². The van der Waals surface area contributed by atoms with Crippen molar-refractivity contribution in [3.63, 3.8) is 0 Å². The zero-order valence-corrected chi connectivity index (χ0v) is 16.5. The summed E-state index contributed by atoms with van der Waals surface area (Å²) in [6, 6.07) is 12.3. The molecule has 2 aromatic carbocycles. The van der Waals surface area contributed by atoms with Crippen LogP contribution in [0.1, 0.15) is 5.56 Å². The number of rotatable bonds is 5. The highest BCUT2D eigenvalue weighted by molar-refractivity contribution is 9.10. The van der Waals surface area contributed by atoms with Crippen LogP contribution >= 0.6 is 27.7 Å². The number of nitrogens with zero attached hydrogens (tertiary/aromatic N) is 4. The number of benzene rings is 2. The van der Waals surface area contributed by atoms with Crippen LogP contribution < -0.4 is 5.56 Å². The van der Waals surface area contributed by atoms with Gasteiger partial charge in [-0.15, -0.1) is 16.8 Å². The van der Waals surface area contributed by atoms with Crippen molar-refractivity contribution in [1.29, 1.82) is 0 Å². The summed E-state index contributed by atoms with van der Waals surface area (Å²) >= 11 is 4.63. The first-order chi connectivity index (χ1) is 13.1. The van der Waals surface area contributed by atoms with Gasteiger partial charge >= 0.3 is 0 Å². The maximum Gasteiger partial charge on any atom is 0.263 e. The number of aromatic nitrogens is 4. The topological polar surface area (TPSA) is 52.2 Å². The van der Waals surface area contributed by atoms with Crippen molar-refractivity contribution in [2.24, 2.45) is 0 Å². The zero-order valence-electron chi connectivity index (χ0n) is 14.1. The summed E-state index contributed by atoms with van der Waals surface area (Å²) in [5, 5.41) is 9.62. The van der Waals surface area contributed by atoms with Crippen LogP contribution in [0.15, 0.2) is 69.5 Å². The van der Waals surface area contributed by atoms with E-state index in [0.717, 1.165) is 5.52 Å². The van der Waals surface area contributed by atoms with Crippen LogP contribution in [0.4, 0.5) is 4.39 Å². The average Bonchev–Trinajstić information content (AvgIpc) is 3.08. The second-order valence-corrected chi connectivity index (χ2v) is 7.72. The first-order valence-corrected chi connectivity index (χ1v) is 9.92. The Kier molecular flexibility index (Phi) is 4.84. The number of para-hydroxylation sites is 1. The minimum absolute atomic E-state index is 0.138. The third-order valence-corrected chi connectivity index (χ3v) is 5.63. The van der Waals surface area contributed by atoms with Gasteiger partial charge in [0, 0.05) is 16.8 Å². The van der Waals surface area contributed by atoms with Gasteiger partial charge in [-0.25, -0.2) is 4.39 Å². The number of hydrogen-bond donors (Lipinski definition) is 0. The summed E-state index contributed by atoms with van der Waals surface area (Å²) in [5.41, 5.74) is 1.16. The molecule has 0 aliphatic heterocycles. The molecule has 0 saturated carbocycles. The van der Waals surface area contributed by atoms with E-state index < -0.39 is 0 Å². The number of allylic oxidation sites excluding steroid dienone is 1. The van der Waals surface area contributed by atoms with Crippen LogP contribution in [0.5, 0.6) is 0 Å². The molecule has 4 aromatic rings. The molecule has 0 bridgehead atoms. The van der Waals surface area contributed by atoms with Crippen LogP contribution in [0.2, 0.25) is 0 Å². The van der Waals surface area contributed by atoms with Gasteiger partial charge in [0.2, 0.25) is 5.78 Å². The van der Waals surface area contributed by atoms with Crippen molar-refractivity contribution in [1.82, 2.24) is 19.2 Å². The van der Waals surface area contributed by atoms with E-state index in [2.05, 4.69) is 32.7 Å².